The van der Waals surface area contributed by atoms with Crippen LogP contribution in [0.5, 0.6) is 0 Å². The Morgan fingerprint density at radius 1 is 1.19 bits per heavy atom. The SMILES string of the molecule is O=C(NCc1ccccc1)C1CCN(c2ccc(F)cc2[N+](=O)[O-])CC1. The Kier molecular flexibility index (Phi) is 5.46. The molecule has 7 heteroatoms. The van der Waals surface area contributed by atoms with Gasteiger partial charge in [0.2, 0.25) is 5.91 Å². The van der Waals surface area contributed by atoms with E-state index in [4.69, 9.17) is 0 Å². The summed E-state index contributed by atoms with van der Waals surface area (Å²) in [7, 11) is 0. The molecule has 0 spiro atoms. The highest BCUT2D eigenvalue weighted by Crippen LogP contribution is 2.32. The second-order valence-corrected chi connectivity index (χ2v) is 6.35. The van der Waals surface area contributed by atoms with Crippen LogP contribution in [0.3, 0.4) is 0 Å². The van der Waals surface area contributed by atoms with Crippen LogP contribution in [0.2, 0.25) is 0 Å². The third kappa shape index (κ3) is 4.17. The summed E-state index contributed by atoms with van der Waals surface area (Å²) in [6.07, 6.45) is 1.21. The van der Waals surface area contributed by atoms with Crippen LogP contribution in [0.4, 0.5) is 15.8 Å². The van der Waals surface area contributed by atoms with E-state index in [9.17, 15) is 19.3 Å². The number of nitro groups is 1. The minimum atomic E-state index is -0.629. The van der Waals surface area contributed by atoms with E-state index in [-0.39, 0.29) is 17.5 Å². The lowest BCUT2D eigenvalue weighted by molar-refractivity contribution is -0.384. The number of anilines is 1. The molecule has 2 aromatic carbocycles. The number of carbonyl (C=O) groups is 1. The molecule has 0 aromatic heterocycles. The molecule has 1 amide bonds. The summed E-state index contributed by atoms with van der Waals surface area (Å²) in [5, 5.41) is 14.1. The maximum absolute atomic E-state index is 13.3. The summed E-state index contributed by atoms with van der Waals surface area (Å²) in [4.78, 5) is 24.8. The van der Waals surface area contributed by atoms with Gasteiger partial charge in [-0.25, -0.2) is 4.39 Å². The first kappa shape index (κ1) is 17.8. The lowest BCUT2D eigenvalue weighted by Crippen LogP contribution is -2.40. The van der Waals surface area contributed by atoms with Crippen LogP contribution < -0.4 is 10.2 Å². The molecular weight excluding hydrogens is 337 g/mol. The molecule has 3 rings (SSSR count). The smallest absolute Gasteiger partial charge is 0.295 e. The molecule has 1 aliphatic rings. The van der Waals surface area contributed by atoms with Gasteiger partial charge in [-0.05, 0) is 30.5 Å². The number of nitrogens with one attached hydrogen (secondary N) is 1. The van der Waals surface area contributed by atoms with Crippen molar-refractivity contribution in [2.24, 2.45) is 5.92 Å². The number of nitro benzene ring substituents is 1. The highest BCUT2D eigenvalue weighted by molar-refractivity contribution is 5.79. The molecule has 6 nitrogen and oxygen atoms in total. The number of hydrogen-bond donors (Lipinski definition) is 1. The van der Waals surface area contributed by atoms with Gasteiger partial charge < -0.3 is 10.2 Å². The Morgan fingerprint density at radius 2 is 1.88 bits per heavy atom. The van der Waals surface area contributed by atoms with Gasteiger partial charge in [-0.1, -0.05) is 30.3 Å². The molecule has 136 valence electrons. The number of hydrogen-bond acceptors (Lipinski definition) is 4. The summed E-state index contributed by atoms with van der Waals surface area (Å²) < 4.78 is 13.3. The number of carbonyl (C=O) groups excluding carboxylic acids is 1. The van der Waals surface area contributed by atoms with Crippen molar-refractivity contribution in [2.75, 3.05) is 18.0 Å². The van der Waals surface area contributed by atoms with E-state index >= 15 is 0 Å². The Balaban J connectivity index is 1.57. The average molecular weight is 357 g/mol. The van der Waals surface area contributed by atoms with E-state index in [2.05, 4.69) is 5.32 Å². The molecule has 0 unspecified atom stereocenters. The maximum atomic E-state index is 13.3. The van der Waals surface area contributed by atoms with Gasteiger partial charge in [-0.3, -0.25) is 14.9 Å². The molecule has 1 aliphatic heterocycles. The van der Waals surface area contributed by atoms with Crippen molar-refractivity contribution >= 4 is 17.3 Å². The second kappa shape index (κ2) is 7.95. The molecule has 0 saturated carbocycles. The van der Waals surface area contributed by atoms with Crippen LogP contribution in [0.25, 0.3) is 0 Å². The summed E-state index contributed by atoms with van der Waals surface area (Å²) >= 11 is 0. The predicted octanol–water partition coefficient (Wildman–Crippen LogP) is 3.27. The van der Waals surface area contributed by atoms with Gasteiger partial charge in [-0.2, -0.15) is 0 Å². The zero-order valence-electron chi connectivity index (χ0n) is 14.2. The molecule has 0 bridgehead atoms. The molecule has 26 heavy (non-hydrogen) atoms. The van der Waals surface area contributed by atoms with Gasteiger partial charge in [0.25, 0.3) is 5.69 Å². The molecule has 1 saturated heterocycles. The van der Waals surface area contributed by atoms with E-state index in [0.717, 1.165) is 11.6 Å². The van der Waals surface area contributed by atoms with Crippen LogP contribution in [0.15, 0.2) is 48.5 Å². The number of nitrogens with zero attached hydrogens (tertiary/aromatic N) is 2. The quantitative estimate of drug-likeness (QED) is 0.658. The van der Waals surface area contributed by atoms with Crippen LogP contribution in [-0.4, -0.2) is 23.9 Å². The van der Waals surface area contributed by atoms with E-state index in [1.807, 2.05) is 35.2 Å². The van der Waals surface area contributed by atoms with Crippen molar-refractivity contribution in [3.8, 4) is 0 Å². The fourth-order valence-electron chi connectivity index (χ4n) is 3.22. The van der Waals surface area contributed by atoms with Gasteiger partial charge in [0.1, 0.15) is 11.5 Å². The minimum Gasteiger partial charge on any atom is -0.366 e. The molecule has 0 atom stereocenters. The van der Waals surface area contributed by atoms with Gasteiger partial charge in [0.05, 0.1) is 11.0 Å². The predicted molar refractivity (Wildman–Crippen MR) is 96.3 cm³/mol. The second-order valence-electron chi connectivity index (χ2n) is 6.35. The van der Waals surface area contributed by atoms with E-state index in [0.29, 0.717) is 38.2 Å². The summed E-state index contributed by atoms with van der Waals surface area (Å²) in [5.41, 5.74) is 1.21. The fourth-order valence-corrected chi connectivity index (χ4v) is 3.22. The Labute approximate surface area is 150 Å². The van der Waals surface area contributed by atoms with Crippen molar-refractivity contribution < 1.29 is 14.1 Å². The standard InChI is InChI=1S/C19H20FN3O3/c20-16-6-7-17(18(12-16)23(25)26)22-10-8-15(9-11-22)19(24)21-13-14-4-2-1-3-5-14/h1-7,12,15H,8-11,13H2,(H,21,24). The van der Waals surface area contributed by atoms with Crippen LogP contribution in [0.1, 0.15) is 18.4 Å². The number of amides is 1. The number of halogens is 1. The van der Waals surface area contributed by atoms with Crippen molar-refractivity contribution in [1.82, 2.24) is 5.32 Å². The highest BCUT2D eigenvalue weighted by atomic mass is 19.1. The molecule has 0 radical (unpaired) electrons. The van der Waals surface area contributed by atoms with E-state index < -0.39 is 10.7 Å². The first-order chi connectivity index (χ1) is 12.5. The largest absolute Gasteiger partial charge is 0.366 e. The molecule has 1 fully saturated rings. The topological polar surface area (TPSA) is 75.5 Å². The fraction of sp³-hybridized carbons (Fsp3) is 0.316. The molecule has 0 aliphatic carbocycles. The molecule has 2 aromatic rings. The van der Waals surface area contributed by atoms with Crippen molar-refractivity contribution in [1.29, 1.82) is 0 Å². The van der Waals surface area contributed by atoms with Crippen LogP contribution in [-0.2, 0) is 11.3 Å². The first-order valence-corrected chi connectivity index (χ1v) is 8.55. The number of rotatable bonds is 5. The van der Waals surface area contributed by atoms with Crippen molar-refractivity contribution in [2.45, 2.75) is 19.4 Å². The Morgan fingerprint density at radius 3 is 2.54 bits per heavy atom. The average Bonchev–Trinajstić information content (AvgIpc) is 2.67. The normalized spacial score (nSPS) is 14.9. The lowest BCUT2D eigenvalue weighted by atomic mass is 9.95. The van der Waals surface area contributed by atoms with Crippen LogP contribution in [0, 0.1) is 21.8 Å². The summed E-state index contributed by atoms with van der Waals surface area (Å²) in [6, 6.07) is 13.3. The Hall–Kier alpha value is -2.96. The lowest BCUT2D eigenvalue weighted by Gasteiger charge is -2.32. The summed E-state index contributed by atoms with van der Waals surface area (Å²) in [6.45, 7) is 1.54. The van der Waals surface area contributed by atoms with Gasteiger partial charge in [0, 0.05) is 25.6 Å². The van der Waals surface area contributed by atoms with Crippen molar-refractivity contribution in [3.63, 3.8) is 0 Å². The molecule has 1 N–H and O–H groups in total. The Bertz CT molecular complexity index is 790. The molecular formula is C19H20FN3O3. The zero-order chi connectivity index (χ0) is 18.5. The minimum absolute atomic E-state index is 0.00195. The highest BCUT2D eigenvalue weighted by Gasteiger charge is 2.28. The first-order valence-electron chi connectivity index (χ1n) is 8.55. The number of benzene rings is 2. The van der Waals surface area contributed by atoms with Gasteiger partial charge >= 0.3 is 0 Å². The van der Waals surface area contributed by atoms with Crippen LogP contribution >= 0.6 is 0 Å². The zero-order valence-corrected chi connectivity index (χ0v) is 14.2. The maximum Gasteiger partial charge on any atom is 0.295 e. The van der Waals surface area contributed by atoms with Gasteiger partial charge in [0.15, 0.2) is 0 Å². The van der Waals surface area contributed by atoms with Gasteiger partial charge in [-0.15, -0.1) is 0 Å². The van der Waals surface area contributed by atoms with E-state index in [1.54, 1.807) is 0 Å². The van der Waals surface area contributed by atoms with Crippen molar-refractivity contribution in [3.05, 3.63) is 70.0 Å². The summed E-state index contributed by atoms with van der Waals surface area (Å²) in [5.74, 6) is -0.743. The molecule has 1 heterocycles. The number of piperidine rings is 1. The monoisotopic (exact) mass is 357 g/mol. The third-order valence-electron chi connectivity index (χ3n) is 4.65. The third-order valence-corrected chi connectivity index (χ3v) is 4.65. The van der Waals surface area contributed by atoms with E-state index in [1.165, 1.54) is 12.1 Å².